The molecule has 1 aliphatic rings. The van der Waals surface area contributed by atoms with Gasteiger partial charge in [0.05, 0.1) is 13.2 Å². The molecule has 1 unspecified atom stereocenters. The lowest BCUT2D eigenvalue weighted by atomic mass is 10.0. The zero-order valence-corrected chi connectivity index (χ0v) is 17.7. The molecule has 1 saturated heterocycles. The number of aryl methyl sites for hydroxylation is 2. The third-order valence-electron chi connectivity index (χ3n) is 5.20. The van der Waals surface area contributed by atoms with E-state index in [1.165, 1.54) is 12.1 Å². The summed E-state index contributed by atoms with van der Waals surface area (Å²) >= 11 is 3.45. The molecule has 1 fully saturated rings. The molecule has 7 heteroatoms. The van der Waals surface area contributed by atoms with E-state index in [0.717, 1.165) is 48.2 Å². The van der Waals surface area contributed by atoms with Crippen molar-refractivity contribution in [2.24, 2.45) is 0 Å². The van der Waals surface area contributed by atoms with Gasteiger partial charge in [0.2, 0.25) is 0 Å². The summed E-state index contributed by atoms with van der Waals surface area (Å²) in [5, 5.41) is 16.1. The molecule has 0 aliphatic carbocycles. The average Bonchev–Trinajstić information content (AvgIpc) is 3.06. The van der Waals surface area contributed by atoms with Gasteiger partial charge < -0.3 is 14.6 Å². The predicted octanol–water partition coefficient (Wildman–Crippen LogP) is 4.97. The Morgan fingerprint density at radius 3 is 2.93 bits per heavy atom. The molecule has 1 N–H and O–H groups in total. The summed E-state index contributed by atoms with van der Waals surface area (Å²) in [5.74, 6) is -0.133. The van der Waals surface area contributed by atoms with Crippen LogP contribution in [0.4, 0.5) is 4.39 Å². The molecule has 2 heterocycles. The number of aromatic hydroxyl groups is 1. The van der Waals surface area contributed by atoms with E-state index in [2.05, 4.69) is 21.0 Å². The summed E-state index contributed by atoms with van der Waals surface area (Å²) in [7, 11) is 0. The minimum absolute atomic E-state index is 0.104. The molecule has 154 valence electrons. The maximum atomic E-state index is 13.5. The maximum Gasteiger partial charge on any atom is 0.157 e. The fraction of sp³-hybridized carbons (Fsp3) is 0.409. The molecule has 29 heavy (non-hydrogen) atoms. The second-order valence-corrected chi connectivity index (χ2v) is 8.14. The number of phenolic OH excluding ortho intramolecular Hbond substituents is 1. The van der Waals surface area contributed by atoms with Crippen molar-refractivity contribution in [3.8, 4) is 5.75 Å². The van der Waals surface area contributed by atoms with Crippen LogP contribution in [0, 0.1) is 5.82 Å². The van der Waals surface area contributed by atoms with Gasteiger partial charge in [0.1, 0.15) is 16.2 Å². The van der Waals surface area contributed by atoms with E-state index >= 15 is 0 Å². The van der Waals surface area contributed by atoms with Crippen LogP contribution in [0.1, 0.15) is 30.5 Å². The Bertz CT molecular complexity index is 986. The molecule has 2 aromatic carbocycles. The Morgan fingerprint density at radius 2 is 2.10 bits per heavy atom. The van der Waals surface area contributed by atoms with E-state index in [9.17, 15) is 9.50 Å². The van der Waals surface area contributed by atoms with Crippen molar-refractivity contribution in [2.45, 2.75) is 44.9 Å². The Balaban J connectivity index is 1.40. The molecule has 0 bridgehead atoms. The van der Waals surface area contributed by atoms with Crippen LogP contribution < -0.4 is 0 Å². The van der Waals surface area contributed by atoms with Crippen molar-refractivity contribution in [1.29, 1.82) is 0 Å². The third-order valence-corrected chi connectivity index (χ3v) is 5.59. The van der Waals surface area contributed by atoms with Crippen LogP contribution in [-0.2, 0) is 28.9 Å². The second-order valence-electron chi connectivity index (χ2n) is 7.33. The van der Waals surface area contributed by atoms with Crippen LogP contribution in [0.5, 0.6) is 5.75 Å². The van der Waals surface area contributed by atoms with Gasteiger partial charge in [0.25, 0.3) is 0 Å². The average molecular weight is 463 g/mol. The minimum Gasteiger partial charge on any atom is -0.507 e. The van der Waals surface area contributed by atoms with Gasteiger partial charge in [-0.2, -0.15) is 5.10 Å². The number of halogens is 2. The number of nitrogens with zero attached hydrogens (tertiary/aromatic N) is 2. The first kappa shape index (κ1) is 20.3. The van der Waals surface area contributed by atoms with Gasteiger partial charge in [-0.05, 0) is 89.3 Å². The fourth-order valence-corrected chi connectivity index (χ4v) is 4.18. The fourth-order valence-electron chi connectivity index (χ4n) is 3.73. The molecule has 0 radical (unpaired) electrons. The van der Waals surface area contributed by atoms with E-state index in [1.54, 1.807) is 12.1 Å². The number of hydrogen-bond acceptors (Lipinski definition) is 4. The lowest BCUT2D eigenvalue weighted by molar-refractivity contribution is -0.163. The summed E-state index contributed by atoms with van der Waals surface area (Å²) < 4.78 is 27.7. The summed E-state index contributed by atoms with van der Waals surface area (Å²) in [5.41, 5.74) is 2.03. The monoisotopic (exact) mass is 462 g/mol. The molecular weight excluding hydrogens is 439 g/mol. The number of rotatable bonds is 7. The zero-order chi connectivity index (χ0) is 20.2. The van der Waals surface area contributed by atoms with Gasteiger partial charge in [0.15, 0.2) is 6.29 Å². The summed E-state index contributed by atoms with van der Waals surface area (Å²) in [6.45, 7) is 1.96. The lowest BCUT2D eigenvalue weighted by Gasteiger charge is -2.22. The molecule has 0 saturated carbocycles. The number of hydrogen-bond donors (Lipinski definition) is 1. The molecular formula is C22H24BrFN2O3. The number of phenols is 1. The highest BCUT2D eigenvalue weighted by Crippen LogP contribution is 2.28. The third kappa shape index (κ3) is 5.15. The van der Waals surface area contributed by atoms with Crippen molar-refractivity contribution < 1.29 is 19.0 Å². The van der Waals surface area contributed by atoms with E-state index in [1.807, 2.05) is 16.8 Å². The van der Waals surface area contributed by atoms with E-state index < -0.39 is 0 Å². The van der Waals surface area contributed by atoms with Gasteiger partial charge in [-0.3, -0.25) is 4.68 Å². The van der Waals surface area contributed by atoms with Gasteiger partial charge in [-0.15, -0.1) is 0 Å². The highest BCUT2D eigenvalue weighted by Gasteiger charge is 2.14. The van der Waals surface area contributed by atoms with Crippen molar-refractivity contribution in [1.82, 2.24) is 9.78 Å². The van der Waals surface area contributed by atoms with Crippen molar-refractivity contribution in [2.75, 3.05) is 13.2 Å². The summed E-state index contributed by atoms with van der Waals surface area (Å²) in [4.78, 5) is 0. The molecule has 3 aromatic rings. The largest absolute Gasteiger partial charge is 0.507 e. The molecule has 0 spiro atoms. The number of benzene rings is 2. The standard InChI is InChI=1S/C22H24BrFN2O3/c23-21-14-18(26(25-21)8-10-29-22-3-1-2-9-28-22)6-4-15-11-16-13-17(24)5-7-19(16)20(27)12-15/h5,7,11-14,22,27H,1-4,6,8-10H2. The molecule has 1 aliphatic heterocycles. The van der Waals surface area contributed by atoms with E-state index in [4.69, 9.17) is 9.47 Å². The SMILES string of the molecule is Oc1cc(CCc2cc(Br)nn2CCOC2CCCCO2)cc2cc(F)ccc12. The van der Waals surface area contributed by atoms with Crippen LogP contribution in [0.3, 0.4) is 0 Å². The van der Waals surface area contributed by atoms with Crippen molar-refractivity contribution in [3.05, 3.63) is 58.1 Å². The number of aromatic nitrogens is 2. The molecule has 4 rings (SSSR count). The van der Waals surface area contributed by atoms with Crippen molar-refractivity contribution >= 4 is 26.7 Å². The smallest absolute Gasteiger partial charge is 0.157 e. The first-order valence-corrected chi connectivity index (χ1v) is 10.7. The minimum atomic E-state index is -0.307. The zero-order valence-electron chi connectivity index (χ0n) is 16.1. The Hall–Kier alpha value is -1.96. The Kier molecular flexibility index (Phi) is 6.47. The van der Waals surface area contributed by atoms with Gasteiger partial charge in [-0.1, -0.05) is 6.07 Å². The lowest BCUT2D eigenvalue weighted by Crippen LogP contribution is -2.24. The van der Waals surface area contributed by atoms with Crippen LogP contribution >= 0.6 is 15.9 Å². The maximum absolute atomic E-state index is 13.5. The predicted molar refractivity (Wildman–Crippen MR) is 112 cm³/mol. The van der Waals surface area contributed by atoms with Crippen molar-refractivity contribution in [3.63, 3.8) is 0 Å². The van der Waals surface area contributed by atoms with Crippen LogP contribution in [-0.4, -0.2) is 34.4 Å². The quantitative estimate of drug-likeness (QED) is 0.538. The highest BCUT2D eigenvalue weighted by atomic mass is 79.9. The van der Waals surface area contributed by atoms with E-state index in [0.29, 0.717) is 30.3 Å². The van der Waals surface area contributed by atoms with Gasteiger partial charge >= 0.3 is 0 Å². The first-order chi connectivity index (χ1) is 14.1. The Labute approximate surface area is 177 Å². The number of ether oxygens (including phenoxy) is 2. The molecule has 0 amide bonds. The van der Waals surface area contributed by atoms with E-state index in [-0.39, 0.29) is 17.9 Å². The first-order valence-electron chi connectivity index (χ1n) is 9.95. The molecule has 1 aromatic heterocycles. The Morgan fingerprint density at radius 1 is 1.21 bits per heavy atom. The van der Waals surface area contributed by atoms with Gasteiger partial charge in [-0.25, -0.2) is 4.39 Å². The normalized spacial score (nSPS) is 17.1. The second kappa shape index (κ2) is 9.24. The highest BCUT2D eigenvalue weighted by molar-refractivity contribution is 9.10. The topological polar surface area (TPSA) is 56.5 Å². The van der Waals surface area contributed by atoms with Crippen LogP contribution in [0.25, 0.3) is 10.8 Å². The summed E-state index contributed by atoms with van der Waals surface area (Å²) in [6, 6.07) is 10.1. The van der Waals surface area contributed by atoms with Crippen LogP contribution in [0.15, 0.2) is 41.0 Å². The molecule has 1 atom stereocenters. The summed E-state index contributed by atoms with van der Waals surface area (Å²) in [6.07, 6.45) is 4.55. The molecule has 5 nitrogen and oxygen atoms in total. The van der Waals surface area contributed by atoms with Crippen LogP contribution in [0.2, 0.25) is 0 Å². The number of fused-ring (bicyclic) bond motifs is 1. The van der Waals surface area contributed by atoms with Gasteiger partial charge in [0, 0.05) is 17.7 Å².